The van der Waals surface area contributed by atoms with Gasteiger partial charge in [-0.15, -0.1) is 0 Å². The molecular weight excluding hydrogens is 299 g/mol. The van der Waals surface area contributed by atoms with E-state index in [4.69, 9.17) is 0 Å². The first-order valence-corrected chi connectivity index (χ1v) is 7.66. The second kappa shape index (κ2) is 7.87. The Kier molecular flexibility index (Phi) is 6.77. The predicted octanol–water partition coefficient (Wildman–Crippen LogP) is -0.991. The Morgan fingerprint density at radius 3 is 2.19 bits per heavy atom. The van der Waals surface area contributed by atoms with Gasteiger partial charge < -0.3 is 4.55 Å². The first-order valence-electron chi connectivity index (χ1n) is 6.08. The Bertz CT molecular complexity index is 711. The van der Waals surface area contributed by atoms with Gasteiger partial charge in [-0.25, -0.2) is 8.42 Å². The summed E-state index contributed by atoms with van der Waals surface area (Å²) in [6.45, 7) is 0. The quantitative estimate of drug-likeness (QED) is 0.404. The topological polar surface area (TPSA) is 74.3 Å². The standard InChI is InChI=1S/C15H14O4S.Na/c16-15(13-6-2-1-3-7-13)14-8-4-5-12(11-14)9-10-20(17,18)19;/h1-8,11H,9-10H2,(H,17,18,19);/q;+1/p-1. The zero-order valence-electron chi connectivity index (χ0n) is 11.7. The molecule has 0 aliphatic rings. The predicted molar refractivity (Wildman–Crippen MR) is 74.6 cm³/mol. The molecule has 6 heteroatoms. The summed E-state index contributed by atoms with van der Waals surface area (Å²) in [4.78, 5) is 12.2. The van der Waals surface area contributed by atoms with Crippen LogP contribution in [0.3, 0.4) is 0 Å². The van der Waals surface area contributed by atoms with Crippen molar-refractivity contribution in [2.24, 2.45) is 0 Å². The fourth-order valence-electron chi connectivity index (χ4n) is 1.87. The molecule has 2 aromatic carbocycles. The molecule has 0 aromatic heterocycles. The first kappa shape index (κ1) is 18.1. The van der Waals surface area contributed by atoms with Gasteiger partial charge in [0.15, 0.2) is 5.78 Å². The van der Waals surface area contributed by atoms with Gasteiger partial charge in [0.05, 0.1) is 10.1 Å². The van der Waals surface area contributed by atoms with Crippen LogP contribution in [-0.2, 0) is 16.5 Å². The van der Waals surface area contributed by atoms with Crippen molar-refractivity contribution in [1.29, 1.82) is 0 Å². The minimum absolute atomic E-state index is 0. The number of rotatable bonds is 5. The van der Waals surface area contributed by atoms with Crippen LogP contribution in [0.15, 0.2) is 54.6 Å². The Hall–Kier alpha value is -0.980. The molecule has 4 nitrogen and oxygen atoms in total. The molecule has 104 valence electrons. The molecule has 2 aromatic rings. The molecule has 0 saturated carbocycles. The van der Waals surface area contributed by atoms with Gasteiger partial charge in [0.1, 0.15) is 0 Å². The summed E-state index contributed by atoms with van der Waals surface area (Å²) >= 11 is 0. The van der Waals surface area contributed by atoms with Crippen molar-refractivity contribution in [1.82, 2.24) is 0 Å². The number of carbonyl (C=O) groups is 1. The van der Waals surface area contributed by atoms with E-state index in [1.165, 1.54) is 0 Å². The summed E-state index contributed by atoms with van der Waals surface area (Å²) in [5, 5.41) is 0. The fourth-order valence-corrected chi connectivity index (χ4v) is 2.35. The van der Waals surface area contributed by atoms with Gasteiger partial charge in [0.25, 0.3) is 0 Å². The Balaban J connectivity index is 0.00000220. The van der Waals surface area contributed by atoms with Crippen LogP contribution in [0, 0.1) is 0 Å². The largest absolute Gasteiger partial charge is 1.00 e. The molecule has 0 spiro atoms. The van der Waals surface area contributed by atoms with E-state index >= 15 is 0 Å². The second-order valence-electron chi connectivity index (χ2n) is 4.41. The first-order chi connectivity index (χ1) is 9.46. The van der Waals surface area contributed by atoms with E-state index in [0.29, 0.717) is 16.7 Å². The van der Waals surface area contributed by atoms with Crippen molar-refractivity contribution in [2.45, 2.75) is 6.42 Å². The molecule has 2 rings (SSSR count). The monoisotopic (exact) mass is 312 g/mol. The molecule has 0 bridgehead atoms. The Labute approximate surface area is 146 Å². The van der Waals surface area contributed by atoms with Gasteiger partial charge in [-0.2, -0.15) is 0 Å². The van der Waals surface area contributed by atoms with Gasteiger partial charge in [-0.3, -0.25) is 4.79 Å². The number of ketones is 1. The molecule has 0 amide bonds. The normalized spacial score (nSPS) is 10.7. The van der Waals surface area contributed by atoms with Crippen molar-refractivity contribution in [3.8, 4) is 0 Å². The maximum absolute atomic E-state index is 12.2. The third-order valence-electron chi connectivity index (χ3n) is 2.87. The van der Waals surface area contributed by atoms with Gasteiger partial charge in [0.2, 0.25) is 0 Å². The number of carbonyl (C=O) groups excluding carboxylic acids is 1. The molecule has 21 heavy (non-hydrogen) atoms. The van der Waals surface area contributed by atoms with Gasteiger partial charge in [0, 0.05) is 16.9 Å². The molecule has 0 fully saturated rings. The van der Waals surface area contributed by atoms with E-state index in [-0.39, 0.29) is 41.8 Å². The van der Waals surface area contributed by atoms with Crippen LogP contribution < -0.4 is 29.6 Å². The van der Waals surface area contributed by atoms with Crippen LogP contribution >= 0.6 is 0 Å². The molecular formula is C15H13NaO4S. The minimum atomic E-state index is -4.24. The molecule has 0 radical (unpaired) electrons. The molecule has 0 unspecified atom stereocenters. The third kappa shape index (κ3) is 5.73. The zero-order chi connectivity index (χ0) is 14.6. The van der Waals surface area contributed by atoms with E-state index in [1.54, 1.807) is 48.5 Å². The molecule has 0 heterocycles. The molecule has 0 aliphatic heterocycles. The molecule has 0 atom stereocenters. The van der Waals surface area contributed by atoms with Crippen LogP contribution in [0.25, 0.3) is 0 Å². The fraction of sp³-hybridized carbons (Fsp3) is 0.133. The van der Waals surface area contributed by atoms with Crippen LogP contribution in [0.2, 0.25) is 0 Å². The summed E-state index contributed by atoms with van der Waals surface area (Å²) in [6, 6.07) is 15.5. The summed E-state index contributed by atoms with van der Waals surface area (Å²) < 4.78 is 31.9. The van der Waals surface area contributed by atoms with Crippen LogP contribution in [0.5, 0.6) is 0 Å². The summed E-state index contributed by atoms with van der Waals surface area (Å²) in [5.41, 5.74) is 1.71. The van der Waals surface area contributed by atoms with Gasteiger partial charge >= 0.3 is 29.6 Å². The third-order valence-corrected chi connectivity index (χ3v) is 3.57. The van der Waals surface area contributed by atoms with Crippen molar-refractivity contribution < 1.29 is 47.3 Å². The molecule has 0 N–H and O–H groups in total. The average Bonchev–Trinajstić information content (AvgIpc) is 2.45. The molecule has 0 aliphatic carbocycles. The average molecular weight is 312 g/mol. The summed E-state index contributed by atoms with van der Waals surface area (Å²) in [5.74, 6) is -0.590. The number of benzene rings is 2. The van der Waals surface area contributed by atoms with E-state index in [0.717, 1.165) is 0 Å². The van der Waals surface area contributed by atoms with E-state index < -0.39 is 15.9 Å². The molecule has 0 saturated heterocycles. The smallest absolute Gasteiger partial charge is 0.748 e. The second-order valence-corrected chi connectivity index (χ2v) is 5.93. The Morgan fingerprint density at radius 2 is 1.57 bits per heavy atom. The number of hydrogen-bond donors (Lipinski definition) is 0. The van der Waals surface area contributed by atoms with Crippen molar-refractivity contribution in [3.63, 3.8) is 0 Å². The van der Waals surface area contributed by atoms with Crippen LogP contribution in [-0.4, -0.2) is 24.5 Å². The number of hydrogen-bond acceptors (Lipinski definition) is 4. The number of aryl methyl sites for hydroxylation is 1. The van der Waals surface area contributed by atoms with Crippen molar-refractivity contribution in [2.75, 3.05) is 5.75 Å². The Morgan fingerprint density at radius 1 is 0.952 bits per heavy atom. The van der Waals surface area contributed by atoms with E-state index in [9.17, 15) is 17.8 Å². The van der Waals surface area contributed by atoms with Crippen molar-refractivity contribution >= 4 is 15.9 Å². The SMILES string of the molecule is O=C(c1ccccc1)c1cccc(CCS(=O)(=O)[O-])c1.[Na+]. The minimum Gasteiger partial charge on any atom is -0.748 e. The van der Waals surface area contributed by atoms with Crippen LogP contribution in [0.4, 0.5) is 0 Å². The summed E-state index contributed by atoms with van der Waals surface area (Å²) in [6.07, 6.45) is 0.113. The maximum atomic E-state index is 12.2. The van der Waals surface area contributed by atoms with E-state index in [2.05, 4.69) is 0 Å². The summed E-state index contributed by atoms with van der Waals surface area (Å²) in [7, 11) is -4.24. The van der Waals surface area contributed by atoms with Gasteiger partial charge in [-0.05, 0) is 18.1 Å². The van der Waals surface area contributed by atoms with Crippen LogP contribution in [0.1, 0.15) is 21.5 Å². The van der Waals surface area contributed by atoms with Crippen molar-refractivity contribution in [3.05, 3.63) is 71.3 Å². The maximum Gasteiger partial charge on any atom is 1.00 e. The van der Waals surface area contributed by atoms with Gasteiger partial charge in [-0.1, -0.05) is 48.5 Å². The zero-order valence-corrected chi connectivity index (χ0v) is 14.5. The van der Waals surface area contributed by atoms with E-state index in [1.807, 2.05) is 6.07 Å².